The Labute approximate surface area is 242 Å². The van der Waals surface area contributed by atoms with Gasteiger partial charge in [0.15, 0.2) is 17.5 Å². The molecule has 0 aliphatic carbocycles. The highest BCUT2D eigenvalue weighted by Gasteiger charge is 2.14. The summed E-state index contributed by atoms with van der Waals surface area (Å²) in [6, 6.07) is 45.4. The summed E-state index contributed by atoms with van der Waals surface area (Å²) in [6.07, 6.45) is 1.82. The van der Waals surface area contributed by atoms with Crippen molar-refractivity contribution in [2.75, 3.05) is 0 Å². The van der Waals surface area contributed by atoms with E-state index in [4.69, 9.17) is 24.9 Å². The van der Waals surface area contributed by atoms with E-state index in [0.717, 1.165) is 49.8 Å². The molecule has 0 aliphatic rings. The predicted molar refractivity (Wildman–Crippen MR) is 170 cm³/mol. The maximum Gasteiger partial charge on any atom is 0.165 e. The Hall–Kier alpha value is -5.81. The monoisotopic (exact) mass is 537 g/mol. The molecule has 42 heavy (non-hydrogen) atoms. The van der Waals surface area contributed by atoms with Crippen LogP contribution in [0.2, 0.25) is 0 Å². The fourth-order valence-corrected chi connectivity index (χ4v) is 5.31. The van der Waals surface area contributed by atoms with Gasteiger partial charge in [0.2, 0.25) is 0 Å². The van der Waals surface area contributed by atoms with Crippen molar-refractivity contribution < 1.29 is 0 Å². The van der Waals surface area contributed by atoms with E-state index in [-0.39, 0.29) is 0 Å². The van der Waals surface area contributed by atoms with Crippen molar-refractivity contribution in [3.8, 4) is 45.6 Å². The van der Waals surface area contributed by atoms with Crippen molar-refractivity contribution in [3.63, 3.8) is 0 Å². The lowest BCUT2D eigenvalue weighted by atomic mass is 10.1. The topological polar surface area (TPSA) is 64.5 Å². The van der Waals surface area contributed by atoms with E-state index in [1.165, 1.54) is 10.8 Å². The number of pyridine rings is 2. The molecule has 196 valence electrons. The number of para-hydroxylation sites is 1. The standard InChI is InChI=1S/C37H23N5/c1-3-10-27-21-29(15-13-24(27)7-1)35-40-36(30-16-14-25-8-2-4-11-28(25)22-30)42-37(41-35)31-18-19-33(38-23-31)34-20-17-26-9-5-6-12-32(26)39-34/h1-23H. The molecule has 3 aromatic heterocycles. The minimum absolute atomic E-state index is 0.571. The van der Waals surface area contributed by atoms with Gasteiger partial charge in [-0.25, -0.2) is 19.9 Å². The lowest BCUT2D eigenvalue weighted by Gasteiger charge is -2.10. The first kappa shape index (κ1) is 24.0. The van der Waals surface area contributed by atoms with Crippen molar-refractivity contribution in [2.24, 2.45) is 0 Å². The Morgan fingerprint density at radius 2 is 0.810 bits per heavy atom. The SMILES string of the molecule is c1ccc2cc(-c3nc(-c4ccc(-c5ccc6ccccc6n5)nc4)nc(-c4ccc5ccccc5c4)n3)ccc2c1. The molecular weight excluding hydrogens is 514 g/mol. The fraction of sp³-hybridized carbons (Fsp3) is 0. The zero-order valence-corrected chi connectivity index (χ0v) is 22.5. The Morgan fingerprint density at radius 3 is 1.40 bits per heavy atom. The van der Waals surface area contributed by atoms with Crippen molar-refractivity contribution in [1.82, 2.24) is 24.9 Å². The molecule has 3 heterocycles. The van der Waals surface area contributed by atoms with E-state index >= 15 is 0 Å². The van der Waals surface area contributed by atoms with Crippen molar-refractivity contribution in [1.29, 1.82) is 0 Å². The van der Waals surface area contributed by atoms with Gasteiger partial charge in [-0.2, -0.15) is 0 Å². The highest BCUT2D eigenvalue weighted by molar-refractivity contribution is 5.88. The molecule has 0 amide bonds. The van der Waals surface area contributed by atoms with Crippen molar-refractivity contribution in [3.05, 3.63) is 140 Å². The number of hydrogen-bond donors (Lipinski definition) is 0. The van der Waals surface area contributed by atoms with Crippen LogP contribution in [0.1, 0.15) is 0 Å². The molecule has 0 bridgehead atoms. The summed E-state index contributed by atoms with van der Waals surface area (Å²) in [5.41, 5.74) is 5.24. The summed E-state index contributed by atoms with van der Waals surface area (Å²) >= 11 is 0. The van der Waals surface area contributed by atoms with E-state index < -0.39 is 0 Å². The van der Waals surface area contributed by atoms with Crippen LogP contribution in [0.4, 0.5) is 0 Å². The second kappa shape index (κ2) is 9.98. The molecular formula is C37H23N5. The maximum absolute atomic E-state index is 4.95. The third kappa shape index (κ3) is 4.43. The summed E-state index contributed by atoms with van der Waals surface area (Å²) in [4.78, 5) is 24.4. The highest BCUT2D eigenvalue weighted by atomic mass is 15.0. The van der Waals surface area contributed by atoms with Gasteiger partial charge in [0, 0.05) is 28.3 Å². The second-order valence-electron chi connectivity index (χ2n) is 10.3. The maximum atomic E-state index is 4.95. The van der Waals surface area contributed by atoms with E-state index in [9.17, 15) is 0 Å². The average molecular weight is 538 g/mol. The molecule has 0 fully saturated rings. The van der Waals surface area contributed by atoms with E-state index in [2.05, 4.69) is 72.8 Å². The normalized spacial score (nSPS) is 11.3. The minimum atomic E-state index is 0.571. The van der Waals surface area contributed by atoms with Gasteiger partial charge in [-0.15, -0.1) is 0 Å². The fourth-order valence-electron chi connectivity index (χ4n) is 5.31. The zero-order chi connectivity index (χ0) is 27.9. The summed E-state index contributed by atoms with van der Waals surface area (Å²) in [5, 5.41) is 5.72. The molecule has 0 saturated carbocycles. The number of fused-ring (bicyclic) bond motifs is 3. The quantitative estimate of drug-likeness (QED) is 0.224. The number of nitrogens with zero attached hydrogens (tertiary/aromatic N) is 5. The summed E-state index contributed by atoms with van der Waals surface area (Å²) in [7, 11) is 0. The Morgan fingerprint density at radius 1 is 0.333 bits per heavy atom. The van der Waals surface area contributed by atoms with Gasteiger partial charge in [-0.3, -0.25) is 4.98 Å². The molecule has 0 unspecified atom stereocenters. The van der Waals surface area contributed by atoms with Crippen LogP contribution < -0.4 is 0 Å². The Balaban J connectivity index is 1.25. The molecule has 0 radical (unpaired) electrons. The summed E-state index contributed by atoms with van der Waals surface area (Å²) in [6.45, 7) is 0. The van der Waals surface area contributed by atoms with Crippen molar-refractivity contribution >= 4 is 32.4 Å². The van der Waals surface area contributed by atoms with Crippen LogP contribution in [-0.4, -0.2) is 24.9 Å². The van der Waals surface area contributed by atoms with Gasteiger partial charge in [0.1, 0.15) is 0 Å². The third-order valence-corrected chi connectivity index (χ3v) is 7.53. The number of hydrogen-bond acceptors (Lipinski definition) is 5. The smallest absolute Gasteiger partial charge is 0.165 e. The molecule has 0 saturated heterocycles. The van der Waals surface area contributed by atoms with Crippen molar-refractivity contribution in [2.45, 2.75) is 0 Å². The highest BCUT2D eigenvalue weighted by Crippen LogP contribution is 2.29. The molecule has 0 spiro atoms. The van der Waals surface area contributed by atoms with Crippen LogP contribution >= 0.6 is 0 Å². The van der Waals surface area contributed by atoms with Crippen LogP contribution in [0.5, 0.6) is 0 Å². The molecule has 5 aromatic carbocycles. The van der Waals surface area contributed by atoms with Crippen LogP contribution in [-0.2, 0) is 0 Å². The number of rotatable bonds is 4. The number of aromatic nitrogens is 5. The Bertz CT molecular complexity index is 2160. The first-order valence-corrected chi connectivity index (χ1v) is 13.8. The van der Waals surface area contributed by atoms with E-state index in [0.29, 0.717) is 17.5 Å². The minimum Gasteiger partial charge on any atom is -0.254 e. The van der Waals surface area contributed by atoms with Gasteiger partial charge < -0.3 is 0 Å². The largest absolute Gasteiger partial charge is 0.254 e. The zero-order valence-electron chi connectivity index (χ0n) is 22.5. The lowest BCUT2D eigenvalue weighted by Crippen LogP contribution is -2.00. The van der Waals surface area contributed by atoms with Crippen LogP contribution in [0.3, 0.4) is 0 Å². The van der Waals surface area contributed by atoms with Crippen LogP contribution in [0.15, 0.2) is 140 Å². The first-order valence-electron chi connectivity index (χ1n) is 13.8. The first-order chi connectivity index (χ1) is 20.8. The van der Waals surface area contributed by atoms with Gasteiger partial charge in [0.05, 0.1) is 16.9 Å². The van der Waals surface area contributed by atoms with Crippen LogP contribution in [0.25, 0.3) is 78.0 Å². The summed E-state index contributed by atoms with van der Waals surface area (Å²) in [5.74, 6) is 1.81. The van der Waals surface area contributed by atoms with Crippen LogP contribution in [0, 0.1) is 0 Å². The Kier molecular flexibility index (Phi) is 5.71. The third-order valence-electron chi connectivity index (χ3n) is 7.53. The van der Waals surface area contributed by atoms with E-state index in [1.54, 1.807) is 0 Å². The van der Waals surface area contributed by atoms with Gasteiger partial charge in [0.25, 0.3) is 0 Å². The molecule has 8 rings (SSSR count). The number of benzene rings is 5. The molecule has 5 heteroatoms. The lowest BCUT2D eigenvalue weighted by molar-refractivity contribution is 1.07. The summed E-state index contributed by atoms with van der Waals surface area (Å²) < 4.78 is 0. The molecule has 8 aromatic rings. The molecule has 0 aliphatic heterocycles. The molecule has 5 nitrogen and oxygen atoms in total. The van der Waals surface area contributed by atoms with E-state index in [1.807, 2.05) is 66.9 Å². The predicted octanol–water partition coefficient (Wildman–Crippen LogP) is 8.79. The van der Waals surface area contributed by atoms with Gasteiger partial charge in [-0.05, 0) is 57.9 Å². The molecule has 0 N–H and O–H groups in total. The van der Waals surface area contributed by atoms with Gasteiger partial charge in [-0.1, -0.05) is 97.1 Å². The average Bonchev–Trinajstić information content (AvgIpc) is 3.07. The van der Waals surface area contributed by atoms with Gasteiger partial charge >= 0.3 is 0 Å². The second-order valence-corrected chi connectivity index (χ2v) is 10.3. The molecule has 0 atom stereocenters.